The SMILES string of the molecule is CCC1(C(=O)O)CCCN1c1cc(C)nc(C)c1C#N. The zero-order valence-corrected chi connectivity index (χ0v) is 12.1. The molecule has 0 spiro atoms. The summed E-state index contributed by atoms with van der Waals surface area (Å²) in [6.07, 6.45) is 1.96. The van der Waals surface area contributed by atoms with Crippen LogP contribution >= 0.6 is 0 Å². The van der Waals surface area contributed by atoms with Gasteiger partial charge in [-0.1, -0.05) is 6.92 Å². The van der Waals surface area contributed by atoms with Crippen LogP contribution in [0, 0.1) is 25.2 Å². The highest BCUT2D eigenvalue weighted by Gasteiger charge is 2.47. The minimum absolute atomic E-state index is 0.483. The Morgan fingerprint density at radius 3 is 2.85 bits per heavy atom. The van der Waals surface area contributed by atoms with Crippen LogP contribution in [0.15, 0.2) is 6.07 Å². The summed E-state index contributed by atoms with van der Waals surface area (Å²) in [5.41, 5.74) is 1.76. The lowest BCUT2D eigenvalue weighted by molar-refractivity contribution is -0.143. The van der Waals surface area contributed by atoms with Crippen LogP contribution in [0.4, 0.5) is 5.69 Å². The lowest BCUT2D eigenvalue weighted by atomic mass is 9.92. The predicted octanol–water partition coefficient (Wildman–Crippen LogP) is 2.40. The van der Waals surface area contributed by atoms with Crippen molar-refractivity contribution in [2.24, 2.45) is 0 Å². The molecule has 2 rings (SSSR count). The molecule has 0 amide bonds. The topological polar surface area (TPSA) is 77.2 Å². The highest BCUT2D eigenvalue weighted by atomic mass is 16.4. The number of pyridine rings is 1. The molecular weight excluding hydrogens is 254 g/mol. The molecule has 0 saturated carbocycles. The molecule has 0 aliphatic carbocycles. The summed E-state index contributed by atoms with van der Waals surface area (Å²) in [7, 11) is 0. The highest BCUT2D eigenvalue weighted by Crippen LogP contribution is 2.39. The zero-order chi connectivity index (χ0) is 14.9. The van der Waals surface area contributed by atoms with Crippen molar-refractivity contribution in [3.63, 3.8) is 0 Å². The first-order chi connectivity index (χ1) is 9.46. The minimum atomic E-state index is -0.897. The average molecular weight is 273 g/mol. The van der Waals surface area contributed by atoms with Crippen LogP contribution in [-0.2, 0) is 4.79 Å². The Morgan fingerprint density at radius 1 is 1.60 bits per heavy atom. The maximum Gasteiger partial charge on any atom is 0.329 e. The van der Waals surface area contributed by atoms with Gasteiger partial charge in [0.25, 0.3) is 0 Å². The van der Waals surface area contributed by atoms with Gasteiger partial charge in [-0.2, -0.15) is 5.26 Å². The molecular formula is C15H19N3O2. The molecule has 1 atom stereocenters. The highest BCUT2D eigenvalue weighted by molar-refractivity contribution is 5.85. The summed E-state index contributed by atoms with van der Waals surface area (Å²) in [5.74, 6) is -0.812. The number of carboxylic acid groups (broad SMARTS) is 1. The Morgan fingerprint density at radius 2 is 2.30 bits per heavy atom. The Kier molecular flexibility index (Phi) is 3.67. The maximum atomic E-state index is 11.8. The number of carbonyl (C=O) groups is 1. The number of aryl methyl sites for hydroxylation is 2. The lowest BCUT2D eigenvalue weighted by Crippen LogP contribution is -2.50. The molecule has 5 nitrogen and oxygen atoms in total. The van der Waals surface area contributed by atoms with Gasteiger partial charge in [-0.15, -0.1) is 0 Å². The van der Waals surface area contributed by atoms with Gasteiger partial charge in [0.15, 0.2) is 0 Å². The van der Waals surface area contributed by atoms with Gasteiger partial charge in [0.05, 0.1) is 16.9 Å². The molecule has 20 heavy (non-hydrogen) atoms. The molecule has 0 bridgehead atoms. The molecule has 106 valence electrons. The summed E-state index contributed by atoms with van der Waals surface area (Å²) in [6.45, 7) is 6.21. The van der Waals surface area contributed by atoms with Crippen LogP contribution < -0.4 is 4.90 Å². The summed E-state index contributed by atoms with van der Waals surface area (Å²) in [4.78, 5) is 18.0. The fourth-order valence-electron chi connectivity index (χ4n) is 3.13. The van der Waals surface area contributed by atoms with Gasteiger partial charge in [0, 0.05) is 12.2 Å². The first-order valence-electron chi connectivity index (χ1n) is 6.85. The summed E-state index contributed by atoms with van der Waals surface area (Å²) in [5, 5.41) is 19.0. The fraction of sp³-hybridized carbons (Fsp3) is 0.533. The van der Waals surface area contributed by atoms with Crippen molar-refractivity contribution in [3.8, 4) is 6.07 Å². The molecule has 1 aromatic rings. The van der Waals surface area contributed by atoms with E-state index in [1.54, 1.807) is 6.92 Å². The van der Waals surface area contributed by atoms with Crippen molar-refractivity contribution in [2.45, 2.75) is 45.6 Å². The second-order valence-corrected chi connectivity index (χ2v) is 5.30. The number of anilines is 1. The molecule has 5 heteroatoms. The van der Waals surface area contributed by atoms with E-state index in [0.29, 0.717) is 36.3 Å². The van der Waals surface area contributed by atoms with E-state index in [4.69, 9.17) is 0 Å². The fourth-order valence-corrected chi connectivity index (χ4v) is 3.13. The van der Waals surface area contributed by atoms with Crippen LogP contribution in [0.1, 0.15) is 43.1 Å². The van der Waals surface area contributed by atoms with Gasteiger partial charge < -0.3 is 10.0 Å². The Bertz CT molecular complexity index is 592. The van der Waals surface area contributed by atoms with Gasteiger partial charge in [-0.3, -0.25) is 4.98 Å². The number of rotatable bonds is 3. The third kappa shape index (κ3) is 2.01. The van der Waals surface area contributed by atoms with E-state index in [0.717, 1.165) is 12.1 Å². The van der Waals surface area contributed by atoms with Gasteiger partial charge in [-0.05, 0) is 39.2 Å². The van der Waals surface area contributed by atoms with E-state index in [2.05, 4.69) is 11.1 Å². The lowest BCUT2D eigenvalue weighted by Gasteiger charge is -2.36. The quantitative estimate of drug-likeness (QED) is 0.915. The van der Waals surface area contributed by atoms with Crippen molar-refractivity contribution in [1.29, 1.82) is 5.26 Å². The van der Waals surface area contributed by atoms with Crippen LogP contribution in [0.2, 0.25) is 0 Å². The third-order valence-corrected chi connectivity index (χ3v) is 4.18. The molecule has 0 aromatic carbocycles. The van der Waals surface area contributed by atoms with E-state index in [-0.39, 0.29) is 0 Å². The van der Waals surface area contributed by atoms with E-state index < -0.39 is 11.5 Å². The molecule has 1 unspecified atom stereocenters. The van der Waals surface area contributed by atoms with Crippen molar-refractivity contribution in [2.75, 3.05) is 11.4 Å². The van der Waals surface area contributed by atoms with Crippen LogP contribution in [0.3, 0.4) is 0 Å². The standard InChI is InChI=1S/C15H19N3O2/c1-4-15(14(19)20)6-5-7-18(15)13-8-10(2)17-11(3)12(13)9-16/h8H,4-7H2,1-3H3,(H,19,20). The van der Waals surface area contributed by atoms with Crippen LogP contribution in [0.5, 0.6) is 0 Å². The number of hydrogen-bond acceptors (Lipinski definition) is 4. The summed E-state index contributed by atoms with van der Waals surface area (Å²) in [6, 6.07) is 4.00. The monoisotopic (exact) mass is 273 g/mol. The number of aromatic nitrogens is 1. The number of hydrogen-bond donors (Lipinski definition) is 1. The largest absolute Gasteiger partial charge is 0.479 e. The molecule has 1 aliphatic rings. The normalized spacial score (nSPS) is 21.8. The molecule has 1 N–H and O–H groups in total. The Hall–Kier alpha value is -2.09. The first-order valence-corrected chi connectivity index (χ1v) is 6.85. The van der Waals surface area contributed by atoms with Crippen molar-refractivity contribution >= 4 is 11.7 Å². The van der Waals surface area contributed by atoms with Gasteiger partial charge >= 0.3 is 5.97 Å². The van der Waals surface area contributed by atoms with Gasteiger partial charge in [-0.25, -0.2) is 4.79 Å². The zero-order valence-electron chi connectivity index (χ0n) is 12.1. The van der Waals surface area contributed by atoms with Crippen LogP contribution in [-0.4, -0.2) is 28.1 Å². The number of nitrogens with zero attached hydrogens (tertiary/aromatic N) is 3. The summed E-state index contributed by atoms with van der Waals surface area (Å²) < 4.78 is 0. The second kappa shape index (κ2) is 5.12. The number of carboxylic acids is 1. The van der Waals surface area contributed by atoms with E-state index >= 15 is 0 Å². The molecule has 1 aliphatic heterocycles. The van der Waals surface area contributed by atoms with Crippen molar-refractivity contribution in [3.05, 3.63) is 23.0 Å². The number of aliphatic carboxylic acids is 1. The second-order valence-electron chi connectivity index (χ2n) is 5.30. The average Bonchev–Trinajstić information content (AvgIpc) is 2.82. The van der Waals surface area contributed by atoms with Gasteiger partial charge in [0.1, 0.15) is 11.6 Å². The molecule has 1 fully saturated rings. The summed E-state index contributed by atoms with van der Waals surface area (Å²) >= 11 is 0. The van der Waals surface area contributed by atoms with E-state index in [1.807, 2.05) is 24.8 Å². The molecule has 1 aromatic heterocycles. The van der Waals surface area contributed by atoms with Gasteiger partial charge in [0.2, 0.25) is 0 Å². The molecule has 0 radical (unpaired) electrons. The third-order valence-electron chi connectivity index (χ3n) is 4.18. The maximum absolute atomic E-state index is 11.8. The smallest absolute Gasteiger partial charge is 0.329 e. The van der Waals surface area contributed by atoms with Crippen molar-refractivity contribution < 1.29 is 9.90 Å². The van der Waals surface area contributed by atoms with Crippen LogP contribution in [0.25, 0.3) is 0 Å². The van der Waals surface area contributed by atoms with E-state index in [9.17, 15) is 15.2 Å². The molecule has 2 heterocycles. The first kappa shape index (κ1) is 14.3. The predicted molar refractivity (Wildman–Crippen MR) is 75.7 cm³/mol. The minimum Gasteiger partial charge on any atom is -0.479 e. The van der Waals surface area contributed by atoms with E-state index in [1.165, 1.54) is 0 Å². The Balaban J connectivity index is 2.62. The molecule has 1 saturated heterocycles. The van der Waals surface area contributed by atoms with Crippen molar-refractivity contribution in [1.82, 2.24) is 4.98 Å². The Labute approximate surface area is 118 Å². The number of nitriles is 1.